The van der Waals surface area contributed by atoms with Crippen LogP contribution in [0.2, 0.25) is 0 Å². The van der Waals surface area contributed by atoms with Crippen LogP contribution in [0.25, 0.3) is 17.0 Å². The van der Waals surface area contributed by atoms with Crippen molar-refractivity contribution in [2.24, 2.45) is 0 Å². The summed E-state index contributed by atoms with van der Waals surface area (Å²) in [6.45, 7) is 1.65. The average molecular weight is 247 g/mol. The first-order valence-corrected chi connectivity index (χ1v) is 5.22. The number of aliphatic carboxylic acids is 1. The van der Waals surface area contributed by atoms with Gasteiger partial charge in [-0.05, 0) is 36.8 Å². The van der Waals surface area contributed by atoms with Gasteiger partial charge in [0.1, 0.15) is 5.82 Å². The van der Waals surface area contributed by atoms with Gasteiger partial charge in [0, 0.05) is 22.5 Å². The highest BCUT2D eigenvalue weighted by atomic mass is 19.1. The second kappa shape index (κ2) is 4.44. The van der Waals surface area contributed by atoms with E-state index >= 15 is 0 Å². The molecule has 1 aromatic carbocycles. The predicted octanol–water partition coefficient (Wildman–Crippen LogP) is 2.07. The van der Waals surface area contributed by atoms with Gasteiger partial charge in [0.15, 0.2) is 0 Å². The summed E-state index contributed by atoms with van der Waals surface area (Å²) in [5.74, 6) is -1.56. The predicted molar refractivity (Wildman–Crippen MR) is 65.9 cm³/mol. The zero-order valence-electron chi connectivity index (χ0n) is 9.53. The van der Waals surface area contributed by atoms with Gasteiger partial charge in [0.05, 0.1) is 0 Å². The maximum atomic E-state index is 13.2. The largest absolute Gasteiger partial charge is 0.478 e. The Hall–Kier alpha value is -2.43. The van der Waals surface area contributed by atoms with Crippen molar-refractivity contribution < 1.29 is 14.3 Å². The van der Waals surface area contributed by atoms with Crippen molar-refractivity contribution in [1.29, 1.82) is 0 Å². The van der Waals surface area contributed by atoms with E-state index in [-0.39, 0.29) is 5.56 Å². The minimum absolute atomic E-state index is 0.218. The molecular weight excluding hydrogens is 237 g/mol. The fraction of sp³-hybridized carbons (Fsp3) is 0.0769. The lowest BCUT2D eigenvalue weighted by Gasteiger charge is -2.05. The molecule has 2 rings (SSSR count). The number of H-pyrrole nitrogens is 1. The van der Waals surface area contributed by atoms with Crippen molar-refractivity contribution in [2.75, 3.05) is 0 Å². The highest BCUT2D eigenvalue weighted by Gasteiger charge is 2.07. The van der Waals surface area contributed by atoms with Gasteiger partial charge in [-0.2, -0.15) is 0 Å². The third-order valence-corrected chi connectivity index (χ3v) is 2.68. The van der Waals surface area contributed by atoms with Gasteiger partial charge in [0.2, 0.25) is 0 Å². The Morgan fingerprint density at radius 2 is 2.17 bits per heavy atom. The standard InChI is InChI=1S/C13H10FNO3/c1-7-9(3-5-12(16)17)13(18)15-11-4-2-8(14)6-10(7)11/h2-6H,1H3,(H,15,18)(H,16,17)/b5-3+. The third-order valence-electron chi connectivity index (χ3n) is 2.68. The van der Waals surface area contributed by atoms with Crippen molar-refractivity contribution in [3.8, 4) is 0 Å². The summed E-state index contributed by atoms with van der Waals surface area (Å²) in [6.07, 6.45) is 2.09. The van der Waals surface area contributed by atoms with E-state index in [4.69, 9.17) is 5.11 Å². The zero-order valence-corrected chi connectivity index (χ0v) is 9.53. The van der Waals surface area contributed by atoms with Crippen molar-refractivity contribution in [2.45, 2.75) is 6.92 Å². The monoisotopic (exact) mass is 247 g/mol. The molecule has 0 spiro atoms. The maximum absolute atomic E-state index is 13.2. The topological polar surface area (TPSA) is 70.2 Å². The van der Waals surface area contributed by atoms with Crippen LogP contribution in [0.15, 0.2) is 29.1 Å². The average Bonchev–Trinajstić information content (AvgIpc) is 2.30. The van der Waals surface area contributed by atoms with Gasteiger partial charge in [0.25, 0.3) is 5.56 Å². The Morgan fingerprint density at radius 1 is 1.44 bits per heavy atom. The molecule has 1 aromatic heterocycles. The molecule has 0 saturated heterocycles. The molecule has 0 radical (unpaired) electrons. The molecule has 0 amide bonds. The Labute approximate surface area is 101 Å². The Bertz CT molecular complexity index is 716. The molecule has 0 atom stereocenters. The number of aromatic nitrogens is 1. The van der Waals surface area contributed by atoms with Gasteiger partial charge in [-0.1, -0.05) is 0 Å². The minimum Gasteiger partial charge on any atom is -0.478 e. The fourth-order valence-electron chi connectivity index (χ4n) is 1.80. The Kier molecular flexibility index (Phi) is 2.97. The van der Waals surface area contributed by atoms with Crippen molar-refractivity contribution in [3.63, 3.8) is 0 Å². The highest BCUT2D eigenvalue weighted by Crippen LogP contribution is 2.19. The van der Waals surface area contributed by atoms with E-state index in [0.29, 0.717) is 16.5 Å². The van der Waals surface area contributed by atoms with Crippen LogP contribution in [0.1, 0.15) is 11.1 Å². The number of hydrogen-bond donors (Lipinski definition) is 2. The SMILES string of the molecule is Cc1c(/C=C/C(=O)O)c(=O)[nH]c2ccc(F)cc12. The number of rotatable bonds is 2. The van der Waals surface area contributed by atoms with Crippen LogP contribution in [0, 0.1) is 12.7 Å². The number of carboxylic acids is 1. The summed E-state index contributed by atoms with van der Waals surface area (Å²) in [7, 11) is 0. The van der Waals surface area contributed by atoms with Crippen LogP contribution < -0.4 is 5.56 Å². The number of aryl methyl sites for hydroxylation is 1. The number of carbonyl (C=O) groups is 1. The number of nitrogens with one attached hydrogen (secondary N) is 1. The van der Waals surface area contributed by atoms with Crippen molar-refractivity contribution in [3.05, 3.63) is 51.6 Å². The van der Waals surface area contributed by atoms with Crippen LogP contribution in [-0.2, 0) is 4.79 Å². The second-order valence-electron chi connectivity index (χ2n) is 3.85. The van der Waals surface area contributed by atoms with E-state index in [9.17, 15) is 14.0 Å². The maximum Gasteiger partial charge on any atom is 0.328 e. The molecule has 4 nitrogen and oxygen atoms in total. The third kappa shape index (κ3) is 2.15. The van der Waals surface area contributed by atoms with Crippen LogP contribution in [-0.4, -0.2) is 16.1 Å². The number of pyridine rings is 1. The summed E-state index contributed by atoms with van der Waals surface area (Å²) in [4.78, 5) is 24.8. The number of benzene rings is 1. The normalized spacial score (nSPS) is 11.2. The molecule has 0 unspecified atom stereocenters. The van der Waals surface area contributed by atoms with E-state index in [1.54, 1.807) is 6.92 Å². The Morgan fingerprint density at radius 3 is 2.83 bits per heavy atom. The highest BCUT2D eigenvalue weighted by molar-refractivity contribution is 5.89. The van der Waals surface area contributed by atoms with Crippen LogP contribution in [0.4, 0.5) is 4.39 Å². The summed E-state index contributed by atoms with van der Waals surface area (Å²) in [5.41, 5.74) is 0.886. The summed E-state index contributed by atoms with van der Waals surface area (Å²) < 4.78 is 13.2. The molecule has 5 heteroatoms. The number of carboxylic acid groups (broad SMARTS) is 1. The molecule has 2 aromatic rings. The lowest BCUT2D eigenvalue weighted by atomic mass is 10.0. The van der Waals surface area contributed by atoms with Crippen molar-refractivity contribution >= 4 is 22.9 Å². The van der Waals surface area contributed by atoms with Gasteiger partial charge < -0.3 is 10.1 Å². The number of hydrogen-bond acceptors (Lipinski definition) is 2. The summed E-state index contributed by atoms with van der Waals surface area (Å²) >= 11 is 0. The first-order chi connectivity index (χ1) is 8.49. The van der Waals surface area contributed by atoms with E-state index in [2.05, 4.69) is 4.98 Å². The second-order valence-corrected chi connectivity index (χ2v) is 3.85. The number of fused-ring (bicyclic) bond motifs is 1. The molecule has 0 fully saturated rings. The van der Waals surface area contributed by atoms with Gasteiger partial charge in [-0.3, -0.25) is 4.79 Å². The molecule has 0 aliphatic carbocycles. The van der Waals surface area contributed by atoms with E-state index in [1.807, 2.05) is 0 Å². The first kappa shape index (κ1) is 12.0. The van der Waals surface area contributed by atoms with E-state index in [0.717, 1.165) is 6.08 Å². The van der Waals surface area contributed by atoms with Crippen LogP contribution >= 0.6 is 0 Å². The summed E-state index contributed by atoms with van der Waals surface area (Å²) in [6, 6.07) is 4.03. The van der Waals surface area contributed by atoms with Gasteiger partial charge >= 0.3 is 5.97 Å². The fourth-order valence-corrected chi connectivity index (χ4v) is 1.80. The molecule has 18 heavy (non-hydrogen) atoms. The zero-order chi connectivity index (χ0) is 13.3. The van der Waals surface area contributed by atoms with E-state index < -0.39 is 17.3 Å². The van der Waals surface area contributed by atoms with Gasteiger partial charge in [-0.25, -0.2) is 9.18 Å². The lowest BCUT2D eigenvalue weighted by molar-refractivity contribution is -0.131. The Balaban J connectivity index is 2.75. The van der Waals surface area contributed by atoms with Crippen LogP contribution in [0.5, 0.6) is 0 Å². The molecule has 1 heterocycles. The molecule has 2 N–H and O–H groups in total. The molecule has 0 aliphatic heterocycles. The smallest absolute Gasteiger partial charge is 0.328 e. The number of aromatic amines is 1. The minimum atomic E-state index is -1.15. The van der Waals surface area contributed by atoms with Crippen molar-refractivity contribution in [1.82, 2.24) is 4.98 Å². The molecule has 0 bridgehead atoms. The van der Waals surface area contributed by atoms with E-state index in [1.165, 1.54) is 24.3 Å². The number of halogens is 1. The lowest BCUT2D eigenvalue weighted by Crippen LogP contribution is -2.12. The molecular formula is C13H10FNO3. The molecule has 0 aliphatic rings. The van der Waals surface area contributed by atoms with Crippen LogP contribution in [0.3, 0.4) is 0 Å². The summed E-state index contributed by atoms with van der Waals surface area (Å²) in [5, 5.41) is 9.11. The first-order valence-electron chi connectivity index (χ1n) is 5.22. The van der Waals surface area contributed by atoms with Gasteiger partial charge in [-0.15, -0.1) is 0 Å². The molecule has 0 saturated carbocycles. The quantitative estimate of drug-likeness (QED) is 0.798. The molecule has 92 valence electrons.